The molecule has 1 amide bonds. The number of hydrogen-bond acceptors (Lipinski definition) is 5. The Morgan fingerprint density at radius 1 is 1.04 bits per heavy atom. The SMILES string of the molecule is CC(C)(C)c1cc(C=C2SCC(=O)N2N2CCOCC2)cc(C(C)(C)C)c1O. The van der Waals surface area contributed by atoms with Gasteiger partial charge in [-0.05, 0) is 34.6 Å². The molecule has 2 fully saturated rings. The summed E-state index contributed by atoms with van der Waals surface area (Å²) in [4.78, 5) is 12.5. The number of amides is 1. The third kappa shape index (κ3) is 4.39. The first kappa shape index (κ1) is 21.2. The standard InChI is InChI=1S/C22H32N2O3S/c1-21(2,3)16-11-15(12-17(20(16)26)22(4,5)6)13-19-24(18(25)14-28-19)23-7-9-27-10-8-23/h11-13,26H,7-10,14H2,1-6H3. The van der Waals surface area contributed by atoms with Gasteiger partial charge in [-0.25, -0.2) is 10.0 Å². The van der Waals surface area contributed by atoms with Gasteiger partial charge in [0.15, 0.2) is 0 Å². The molecular formula is C22H32N2O3S. The van der Waals surface area contributed by atoms with Crippen molar-refractivity contribution in [1.82, 2.24) is 10.0 Å². The van der Waals surface area contributed by atoms with Gasteiger partial charge in [0.05, 0.1) is 24.0 Å². The van der Waals surface area contributed by atoms with Crippen LogP contribution in [0, 0.1) is 0 Å². The molecule has 6 heteroatoms. The van der Waals surface area contributed by atoms with Crippen LogP contribution in [0.5, 0.6) is 5.75 Å². The highest BCUT2D eigenvalue weighted by atomic mass is 32.2. The zero-order valence-corrected chi connectivity index (χ0v) is 18.7. The second-order valence-electron chi connectivity index (χ2n) is 9.51. The van der Waals surface area contributed by atoms with E-state index >= 15 is 0 Å². The minimum Gasteiger partial charge on any atom is -0.507 e. The summed E-state index contributed by atoms with van der Waals surface area (Å²) in [7, 11) is 0. The van der Waals surface area contributed by atoms with Gasteiger partial charge in [0.1, 0.15) is 5.75 Å². The molecule has 0 aromatic heterocycles. The second-order valence-corrected chi connectivity index (χ2v) is 10.5. The van der Waals surface area contributed by atoms with Crippen LogP contribution in [0.3, 0.4) is 0 Å². The third-order valence-corrected chi connectivity index (χ3v) is 6.08. The van der Waals surface area contributed by atoms with Crippen LogP contribution < -0.4 is 0 Å². The lowest BCUT2D eigenvalue weighted by molar-refractivity contribution is -0.144. The van der Waals surface area contributed by atoms with Crippen LogP contribution in [0.15, 0.2) is 17.2 Å². The number of hydrazine groups is 1. The van der Waals surface area contributed by atoms with Crippen LogP contribution in [-0.2, 0) is 20.4 Å². The molecule has 0 atom stereocenters. The van der Waals surface area contributed by atoms with E-state index in [4.69, 9.17) is 4.74 Å². The Morgan fingerprint density at radius 2 is 1.57 bits per heavy atom. The van der Waals surface area contributed by atoms with E-state index in [9.17, 15) is 9.90 Å². The highest BCUT2D eigenvalue weighted by Gasteiger charge is 2.33. The molecule has 0 aliphatic carbocycles. The van der Waals surface area contributed by atoms with Crippen LogP contribution in [0.1, 0.15) is 58.2 Å². The highest BCUT2D eigenvalue weighted by Crippen LogP contribution is 2.41. The Kier molecular flexibility index (Phi) is 5.86. The molecule has 1 N–H and O–H groups in total. The van der Waals surface area contributed by atoms with Crippen molar-refractivity contribution in [3.8, 4) is 5.75 Å². The maximum Gasteiger partial charge on any atom is 0.252 e. The summed E-state index contributed by atoms with van der Waals surface area (Å²) < 4.78 is 5.43. The minimum atomic E-state index is -0.179. The molecule has 0 bridgehead atoms. The number of aromatic hydroxyl groups is 1. The van der Waals surface area contributed by atoms with Gasteiger partial charge in [-0.3, -0.25) is 4.79 Å². The van der Waals surface area contributed by atoms with Crippen LogP contribution >= 0.6 is 11.8 Å². The monoisotopic (exact) mass is 404 g/mol. The molecule has 2 heterocycles. The third-order valence-electron chi connectivity index (χ3n) is 5.10. The molecule has 2 aliphatic heterocycles. The van der Waals surface area contributed by atoms with Crippen molar-refractivity contribution in [1.29, 1.82) is 0 Å². The maximum absolute atomic E-state index is 12.5. The fourth-order valence-corrected chi connectivity index (χ4v) is 4.51. The molecule has 1 aromatic carbocycles. The Labute approximate surface area is 172 Å². The number of phenols is 1. The quantitative estimate of drug-likeness (QED) is 0.804. The van der Waals surface area contributed by atoms with E-state index < -0.39 is 0 Å². The van der Waals surface area contributed by atoms with E-state index in [0.717, 1.165) is 34.8 Å². The van der Waals surface area contributed by atoms with Gasteiger partial charge in [0.25, 0.3) is 5.91 Å². The van der Waals surface area contributed by atoms with Gasteiger partial charge in [0, 0.05) is 24.2 Å². The topological polar surface area (TPSA) is 53.0 Å². The summed E-state index contributed by atoms with van der Waals surface area (Å²) in [6, 6.07) is 4.11. The van der Waals surface area contributed by atoms with E-state index in [2.05, 4.69) is 64.8 Å². The number of thioether (sulfide) groups is 1. The summed E-state index contributed by atoms with van der Waals surface area (Å²) in [6.45, 7) is 15.4. The molecule has 3 rings (SSSR count). The number of carbonyl (C=O) groups excluding carboxylic acids is 1. The number of phenolic OH excluding ortho intramolecular Hbond substituents is 1. The summed E-state index contributed by atoms with van der Waals surface area (Å²) >= 11 is 1.57. The molecular weight excluding hydrogens is 372 g/mol. The summed E-state index contributed by atoms with van der Waals surface area (Å²) in [5, 5.41) is 15.8. The Hall–Kier alpha value is -1.50. The van der Waals surface area contributed by atoms with Gasteiger partial charge in [-0.1, -0.05) is 53.3 Å². The smallest absolute Gasteiger partial charge is 0.252 e. The summed E-state index contributed by atoms with van der Waals surface area (Å²) in [6.07, 6.45) is 2.08. The van der Waals surface area contributed by atoms with Gasteiger partial charge < -0.3 is 9.84 Å². The molecule has 2 saturated heterocycles. The lowest BCUT2D eigenvalue weighted by atomic mass is 9.78. The number of benzene rings is 1. The van der Waals surface area contributed by atoms with Crippen molar-refractivity contribution in [2.45, 2.75) is 52.4 Å². The largest absolute Gasteiger partial charge is 0.507 e. The fraction of sp³-hybridized carbons (Fsp3) is 0.591. The molecule has 2 aliphatic rings. The van der Waals surface area contributed by atoms with Crippen molar-refractivity contribution in [2.24, 2.45) is 0 Å². The Balaban J connectivity index is 2.06. The summed E-state index contributed by atoms with van der Waals surface area (Å²) in [5.74, 6) is 0.950. The van der Waals surface area contributed by atoms with Crippen LogP contribution in [0.2, 0.25) is 0 Å². The second kappa shape index (κ2) is 7.73. The van der Waals surface area contributed by atoms with Gasteiger partial charge in [-0.15, -0.1) is 0 Å². The number of hydrogen-bond donors (Lipinski definition) is 1. The first-order valence-corrected chi connectivity index (χ1v) is 10.8. The molecule has 1 aromatic rings. The summed E-state index contributed by atoms with van der Waals surface area (Å²) in [5.41, 5.74) is 2.52. The van der Waals surface area contributed by atoms with E-state index in [1.165, 1.54) is 0 Å². The molecule has 154 valence electrons. The Bertz CT molecular complexity index is 749. The fourth-order valence-electron chi connectivity index (χ4n) is 3.56. The number of carbonyl (C=O) groups is 1. The molecule has 0 spiro atoms. The van der Waals surface area contributed by atoms with Crippen molar-refractivity contribution in [3.05, 3.63) is 33.9 Å². The van der Waals surface area contributed by atoms with E-state index in [1.54, 1.807) is 11.8 Å². The number of ether oxygens (including phenoxy) is 1. The molecule has 0 saturated carbocycles. The van der Waals surface area contributed by atoms with Gasteiger partial charge in [-0.2, -0.15) is 0 Å². The van der Waals surface area contributed by atoms with Gasteiger partial charge >= 0.3 is 0 Å². The van der Waals surface area contributed by atoms with E-state index in [-0.39, 0.29) is 16.7 Å². The zero-order chi connectivity index (χ0) is 20.7. The van der Waals surface area contributed by atoms with Gasteiger partial charge in [0.2, 0.25) is 0 Å². The number of nitrogens with zero attached hydrogens (tertiary/aromatic N) is 2. The molecule has 0 radical (unpaired) electrons. The first-order valence-electron chi connectivity index (χ1n) is 9.86. The van der Waals surface area contributed by atoms with Crippen molar-refractivity contribution >= 4 is 23.7 Å². The van der Waals surface area contributed by atoms with E-state index in [1.807, 2.05) is 5.01 Å². The van der Waals surface area contributed by atoms with Crippen molar-refractivity contribution < 1.29 is 14.6 Å². The molecule has 28 heavy (non-hydrogen) atoms. The highest BCUT2D eigenvalue weighted by molar-refractivity contribution is 8.04. The van der Waals surface area contributed by atoms with Crippen LogP contribution in [0.25, 0.3) is 6.08 Å². The first-order chi connectivity index (χ1) is 13.0. The molecule has 5 nitrogen and oxygen atoms in total. The predicted molar refractivity (Wildman–Crippen MR) is 115 cm³/mol. The average Bonchev–Trinajstić information content (AvgIpc) is 2.95. The van der Waals surface area contributed by atoms with Crippen LogP contribution in [0.4, 0.5) is 0 Å². The minimum absolute atomic E-state index is 0.115. The average molecular weight is 405 g/mol. The molecule has 0 unspecified atom stereocenters. The van der Waals surface area contributed by atoms with Crippen molar-refractivity contribution in [2.75, 3.05) is 32.1 Å². The lowest BCUT2D eigenvalue weighted by Crippen LogP contribution is -2.48. The van der Waals surface area contributed by atoms with E-state index in [0.29, 0.717) is 24.7 Å². The normalized spacial score (nSPS) is 21.0. The number of rotatable bonds is 2. The number of morpholine rings is 1. The Morgan fingerprint density at radius 3 is 2.07 bits per heavy atom. The lowest BCUT2D eigenvalue weighted by Gasteiger charge is -2.34. The maximum atomic E-state index is 12.5. The predicted octanol–water partition coefficient (Wildman–Crippen LogP) is 4.11. The van der Waals surface area contributed by atoms with Crippen LogP contribution in [-0.4, -0.2) is 53.1 Å². The van der Waals surface area contributed by atoms with Crippen molar-refractivity contribution in [3.63, 3.8) is 0 Å². The zero-order valence-electron chi connectivity index (χ0n) is 17.8.